The molecule has 0 saturated carbocycles. The first-order valence-corrected chi connectivity index (χ1v) is 7.49. The maximum Gasteiger partial charge on any atom is 0.150 e. The quantitative estimate of drug-likeness (QED) is 0.308. The topological polar surface area (TPSA) is 72.2 Å². The third kappa shape index (κ3) is 4.52. The summed E-state index contributed by atoms with van der Waals surface area (Å²) in [4.78, 5) is 0. The summed E-state index contributed by atoms with van der Waals surface area (Å²) in [5, 5.41) is 0. The van der Waals surface area contributed by atoms with Crippen LogP contribution in [-0.2, 0) is 9.84 Å². The third-order valence-electron chi connectivity index (χ3n) is 3.05. The van der Waals surface area contributed by atoms with Gasteiger partial charge in [-0.05, 0) is 31.6 Å². The molecule has 3 N–H and O–H groups in total. The van der Waals surface area contributed by atoms with E-state index >= 15 is 0 Å². The van der Waals surface area contributed by atoms with E-state index in [2.05, 4.69) is 11.3 Å². The van der Waals surface area contributed by atoms with Crippen LogP contribution in [0, 0.1) is 18.3 Å². The number of terminal acetylenes is 1. The molecule has 0 aliphatic carbocycles. The van der Waals surface area contributed by atoms with Gasteiger partial charge in [-0.2, -0.15) is 0 Å². The summed E-state index contributed by atoms with van der Waals surface area (Å²) in [7, 11) is -2.78. The van der Waals surface area contributed by atoms with Crippen molar-refractivity contribution in [3.05, 3.63) is 0 Å². The third-order valence-corrected chi connectivity index (χ3v) is 4.89. The predicted molar refractivity (Wildman–Crippen MR) is 65.2 cm³/mol. The second-order valence-electron chi connectivity index (χ2n) is 4.46. The van der Waals surface area contributed by atoms with Gasteiger partial charge in [0, 0.05) is 12.5 Å². The summed E-state index contributed by atoms with van der Waals surface area (Å²) in [5.74, 6) is 8.95. The van der Waals surface area contributed by atoms with Crippen molar-refractivity contribution in [1.29, 1.82) is 0 Å². The Bertz CT molecular complexity index is 345. The highest BCUT2D eigenvalue weighted by Gasteiger charge is 2.29. The van der Waals surface area contributed by atoms with Crippen molar-refractivity contribution in [3.8, 4) is 12.3 Å². The lowest BCUT2D eigenvalue weighted by molar-refractivity contribution is 0.386. The monoisotopic (exact) mass is 244 g/mol. The van der Waals surface area contributed by atoms with Gasteiger partial charge in [0.15, 0.2) is 9.84 Å². The fraction of sp³-hybridized carbons (Fsp3) is 0.818. The van der Waals surface area contributed by atoms with Gasteiger partial charge in [-0.15, -0.1) is 12.3 Å². The Morgan fingerprint density at radius 1 is 1.56 bits per heavy atom. The highest BCUT2D eigenvalue weighted by molar-refractivity contribution is 7.91. The van der Waals surface area contributed by atoms with E-state index in [1.165, 1.54) is 0 Å². The minimum atomic E-state index is -2.78. The fourth-order valence-electron chi connectivity index (χ4n) is 2.18. The average Bonchev–Trinajstić information content (AvgIpc) is 2.57. The Kier molecular flexibility index (Phi) is 5.26. The Balaban J connectivity index is 2.31. The molecule has 1 aliphatic heterocycles. The largest absolute Gasteiger partial charge is 0.271 e. The SMILES string of the molecule is C#CCCCC(CC1CCS(=O)(=O)C1)NN. The van der Waals surface area contributed by atoms with Gasteiger partial charge < -0.3 is 0 Å². The predicted octanol–water partition coefficient (Wildman–Crippen LogP) is 0.447. The lowest BCUT2D eigenvalue weighted by Gasteiger charge is -2.18. The molecule has 0 aromatic heterocycles. The van der Waals surface area contributed by atoms with Gasteiger partial charge >= 0.3 is 0 Å². The number of nitrogens with two attached hydrogens (primary N) is 1. The van der Waals surface area contributed by atoms with E-state index in [0.717, 1.165) is 32.1 Å². The molecule has 1 saturated heterocycles. The molecule has 0 radical (unpaired) electrons. The summed E-state index contributed by atoms with van der Waals surface area (Å²) in [6.45, 7) is 0. The molecule has 4 nitrogen and oxygen atoms in total. The van der Waals surface area contributed by atoms with E-state index in [1.54, 1.807) is 0 Å². The van der Waals surface area contributed by atoms with Crippen molar-refractivity contribution in [3.63, 3.8) is 0 Å². The molecule has 0 spiro atoms. The van der Waals surface area contributed by atoms with Crippen LogP contribution in [0.5, 0.6) is 0 Å². The first-order valence-electron chi connectivity index (χ1n) is 5.67. The smallest absolute Gasteiger partial charge is 0.150 e. The van der Waals surface area contributed by atoms with Crippen LogP contribution in [0.4, 0.5) is 0 Å². The van der Waals surface area contributed by atoms with Gasteiger partial charge in [0.2, 0.25) is 0 Å². The molecule has 1 rings (SSSR count). The first kappa shape index (κ1) is 13.5. The zero-order chi connectivity index (χ0) is 12.0. The summed E-state index contributed by atoms with van der Waals surface area (Å²) >= 11 is 0. The van der Waals surface area contributed by atoms with Crippen LogP contribution < -0.4 is 11.3 Å². The minimum absolute atomic E-state index is 0.187. The summed E-state index contributed by atoms with van der Waals surface area (Å²) in [6, 6.07) is 0.187. The molecule has 2 atom stereocenters. The molecule has 5 heteroatoms. The van der Waals surface area contributed by atoms with Crippen LogP contribution in [0.2, 0.25) is 0 Å². The standard InChI is InChI=1S/C11H20N2O2S/c1-2-3-4-5-11(13-12)8-10-6-7-16(14,15)9-10/h1,10-11,13H,3-9,12H2. The second kappa shape index (κ2) is 6.24. The molecule has 0 bridgehead atoms. The summed E-state index contributed by atoms with van der Waals surface area (Å²) in [5.41, 5.74) is 2.75. The molecule has 2 unspecified atom stereocenters. The maximum absolute atomic E-state index is 11.3. The molecule has 1 heterocycles. The summed E-state index contributed by atoms with van der Waals surface area (Å²) in [6.07, 6.45) is 9.38. The van der Waals surface area contributed by atoms with Crippen LogP contribution in [0.1, 0.15) is 32.1 Å². The number of rotatable bonds is 6. The zero-order valence-electron chi connectivity index (χ0n) is 9.48. The van der Waals surface area contributed by atoms with Gasteiger partial charge in [-0.25, -0.2) is 8.42 Å². The van der Waals surface area contributed by atoms with Gasteiger partial charge in [0.25, 0.3) is 0 Å². The number of unbranched alkanes of at least 4 members (excludes halogenated alkanes) is 1. The van der Waals surface area contributed by atoms with E-state index < -0.39 is 9.84 Å². The fourth-order valence-corrected chi connectivity index (χ4v) is 4.06. The first-order chi connectivity index (χ1) is 7.57. The Hall–Kier alpha value is -0.570. The molecule has 0 amide bonds. The lowest BCUT2D eigenvalue weighted by atomic mass is 9.96. The van der Waals surface area contributed by atoms with Gasteiger partial charge in [-0.3, -0.25) is 11.3 Å². The van der Waals surface area contributed by atoms with Crippen LogP contribution in [-0.4, -0.2) is 26.0 Å². The average molecular weight is 244 g/mol. The van der Waals surface area contributed by atoms with Crippen molar-refractivity contribution in [2.24, 2.45) is 11.8 Å². The molecule has 1 aliphatic rings. The molecule has 1 fully saturated rings. The Morgan fingerprint density at radius 3 is 2.81 bits per heavy atom. The minimum Gasteiger partial charge on any atom is -0.271 e. The van der Waals surface area contributed by atoms with Crippen molar-refractivity contribution in [1.82, 2.24) is 5.43 Å². The second-order valence-corrected chi connectivity index (χ2v) is 6.69. The van der Waals surface area contributed by atoms with Gasteiger partial charge in [0.1, 0.15) is 0 Å². The van der Waals surface area contributed by atoms with Crippen molar-refractivity contribution >= 4 is 9.84 Å². The number of hydrogen-bond donors (Lipinski definition) is 2. The van der Waals surface area contributed by atoms with Gasteiger partial charge in [0.05, 0.1) is 11.5 Å². The van der Waals surface area contributed by atoms with E-state index in [0.29, 0.717) is 11.5 Å². The van der Waals surface area contributed by atoms with E-state index in [-0.39, 0.29) is 12.0 Å². The van der Waals surface area contributed by atoms with Crippen LogP contribution in [0.3, 0.4) is 0 Å². The number of hydrogen-bond acceptors (Lipinski definition) is 4. The van der Waals surface area contributed by atoms with E-state index in [1.807, 2.05) is 0 Å². The van der Waals surface area contributed by atoms with Crippen LogP contribution >= 0.6 is 0 Å². The van der Waals surface area contributed by atoms with Crippen molar-refractivity contribution in [2.45, 2.75) is 38.1 Å². The highest BCUT2D eigenvalue weighted by Crippen LogP contribution is 2.24. The van der Waals surface area contributed by atoms with E-state index in [9.17, 15) is 8.42 Å². The molecule has 0 aromatic carbocycles. The normalized spacial score (nSPS) is 25.1. The number of nitrogens with one attached hydrogen (secondary N) is 1. The highest BCUT2D eigenvalue weighted by atomic mass is 32.2. The summed E-state index contributed by atoms with van der Waals surface area (Å²) < 4.78 is 22.6. The molecular formula is C11H20N2O2S. The number of hydrazine groups is 1. The lowest BCUT2D eigenvalue weighted by Crippen LogP contribution is -2.36. The van der Waals surface area contributed by atoms with Crippen LogP contribution in [0.25, 0.3) is 0 Å². The number of sulfone groups is 1. The molecule has 92 valence electrons. The van der Waals surface area contributed by atoms with Gasteiger partial charge in [-0.1, -0.05) is 0 Å². The molecule has 0 aromatic rings. The Morgan fingerprint density at radius 2 is 2.31 bits per heavy atom. The Labute approximate surface area is 97.9 Å². The molecule has 16 heavy (non-hydrogen) atoms. The zero-order valence-corrected chi connectivity index (χ0v) is 10.3. The van der Waals surface area contributed by atoms with Crippen molar-refractivity contribution in [2.75, 3.05) is 11.5 Å². The van der Waals surface area contributed by atoms with Crippen molar-refractivity contribution < 1.29 is 8.42 Å². The maximum atomic E-state index is 11.3. The van der Waals surface area contributed by atoms with E-state index in [4.69, 9.17) is 12.3 Å². The molecular weight excluding hydrogens is 224 g/mol. The van der Waals surface area contributed by atoms with Crippen LogP contribution in [0.15, 0.2) is 0 Å².